The lowest BCUT2D eigenvalue weighted by Crippen LogP contribution is -2.55. The van der Waals surface area contributed by atoms with Gasteiger partial charge in [0.25, 0.3) is 5.91 Å². The molecule has 0 aromatic rings. The Morgan fingerprint density at radius 1 is 1.07 bits per heavy atom. The van der Waals surface area contributed by atoms with E-state index in [-0.39, 0.29) is 36.0 Å². The number of nitrogens with zero attached hydrogens (tertiary/aromatic N) is 3. The summed E-state index contributed by atoms with van der Waals surface area (Å²) >= 11 is 0. The van der Waals surface area contributed by atoms with E-state index in [1.54, 1.807) is 0 Å². The molecule has 0 spiro atoms. The van der Waals surface area contributed by atoms with E-state index in [0.29, 0.717) is 6.10 Å². The second-order valence-corrected chi connectivity index (χ2v) is 7.42. The average Bonchev–Trinajstić information content (AvgIpc) is 3.23. The Balaban J connectivity index is 0.00000261. The van der Waals surface area contributed by atoms with Crippen LogP contribution < -0.4 is 5.32 Å². The summed E-state index contributed by atoms with van der Waals surface area (Å²) in [6, 6.07) is 0. The number of carbonyl (C=O) groups is 1. The monoisotopic (exact) mass is 494 g/mol. The molecule has 1 saturated carbocycles. The average molecular weight is 494 g/mol. The van der Waals surface area contributed by atoms with Crippen molar-refractivity contribution < 1.29 is 14.3 Å². The third-order valence-electron chi connectivity index (χ3n) is 5.60. The number of piperazine rings is 1. The van der Waals surface area contributed by atoms with Crippen LogP contribution in [0.1, 0.15) is 44.9 Å². The highest BCUT2D eigenvalue weighted by atomic mass is 127. The molecule has 3 aliphatic rings. The molecule has 0 bridgehead atoms. The molecule has 1 atom stereocenters. The van der Waals surface area contributed by atoms with Crippen LogP contribution in [0.4, 0.5) is 0 Å². The van der Waals surface area contributed by atoms with E-state index in [1.807, 2.05) is 11.9 Å². The Hall–Kier alpha value is -0.610. The zero-order chi connectivity index (χ0) is 18.2. The molecule has 8 heteroatoms. The Labute approximate surface area is 180 Å². The molecule has 2 heterocycles. The third kappa shape index (κ3) is 6.74. The highest BCUT2D eigenvalue weighted by molar-refractivity contribution is 14.0. The first-order valence-electron chi connectivity index (χ1n) is 10.3. The molecule has 2 aliphatic heterocycles. The van der Waals surface area contributed by atoms with E-state index in [4.69, 9.17) is 9.47 Å². The first-order valence-corrected chi connectivity index (χ1v) is 10.3. The maximum Gasteiger partial charge on any atom is 0.251 e. The van der Waals surface area contributed by atoms with Crippen LogP contribution >= 0.6 is 24.0 Å². The number of hydrogen-bond donors (Lipinski definition) is 1. The molecule has 2 saturated heterocycles. The van der Waals surface area contributed by atoms with Crippen LogP contribution in [0.15, 0.2) is 4.99 Å². The largest absolute Gasteiger partial charge is 0.376 e. The molecular weight excluding hydrogens is 459 g/mol. The molecule has 1 aliphatic carbocycles. The highest BCUT2D eigenvalue weighted by Crippen LogP contribution is 2.20. The van der Waals surface area contributed by atoms with Gasteiger partial charge in [0.2, 0.25) is 0 Å². The minimum absolute atomic E-state index is 0. The summed E-state index contributed by atoms with van der Waals surface area (Å²) in [7, 11) is 1.81. The van der Waals surface area contributed by atoms with Crippen LogP contribution in [0, 0.1) is 0 Å². The number of halogens is 1. The molecule has 1 unspecified atom stereocenters. The summed E-state index contributed by atoms with van der Waals surface area (Å²) in [6.07, 6.45) is 8.45. The second kappa shape index (κ2) is 12.1. The summed E-state index contributed by atoms with van der Waals surface area (Å²) in [4.78, 5) is 21.0. The van der Waals surface area contributed by atoms with E-state index in [1.165, 1.54) is 32.1 Å². The second-order valence-electron chi connectivity index (χ2n) is 7.42. The number of rotatable bonds is 5. The van der Waals surface area contributed by atoms with Crippen molar-refractivity contribution in [3.05, 3.63) is 0 Å². The molecule has 0 radical (unpaired) electrons. The number of ether oxygens (including phenoxy) is 2. The van der Waals surface area contributed by atoms with Gasteiger partial charge in [-0.15, -0.1) is 24.0 Å². The quantitative estimate of drug-likeness (QED) is 0.274. The maximum absolute atomic E-state index is 12.4. The summed E-state index contributed by atoms with van der Waals surface area (Å²) in [5.41, 5.74) is 0. The lowest BCUT2D eigenvalue weighted by atomic mass is 9.98. The lowest BCUT2D eigenvalue weighted by molar-refractivity contribution is -0.142. The van der Waals surface area contributed by atoms with Crippen LogP contribution in [0.25, 0.3) is 0 Å². The fraction of sp³-hybridized carbons (Fsp3) is 0.895. The van der Waals surface area contributed by atoms with Crippen molar-refractivity contribution in [1.82, 2.24) is 15.1 Å². The minimum Gasteiger partial charge on any atom is -0.376 e. The van der Waals surface area contributed by atoms with Gasteiger partial charge in [0.1, 0.15) is 6.10 Å². The summed E-state index contributed by atoms with van der Waals surface area (Å²) in [6.45, 7) is 5.30. The fourth-order valence-corrected chi connectivity index (χ4v) is 4.07. The lowest BCUT2D eigenvalue weighted by Gasteiger charge is -2.37. The van der Waals surface area contributed by atoms with E-state index < -0.39 is 0 Å². The molecule has 156 valence electrons. The summed E-state index contributed by atoms with van der Waals surface area (Å²) in [5.74, 6) is 1.06. The van der Waals surface area contributed by atoms with Gasteiger partial charge in [-0.25, -0.2) is 0 Å². The predicted molar refractivity (Wildman–Crippen MR) is 117 cm³/mol. The molecule has 27 heavy (non-hydrogen) atoms. The maximum atomic E-state index is 12.4. The van der Waals surface area contributed by atoms with Gasteiger partial charge in [0.15, 0.2) is 5.96 Å². The summed E-state index contributed by atoms with van der Waals surface area (Å²) < 4.78 is 11.5. The van der Waals surface area contributed by atoms with Gasteiger partial charge in [-0.1, -0.05) is 19.3 Å². The van der Waals surface area contributed by atoms with E-state index >= 15 is 0 Å². The highest BCUT2D eigenvalue weighted by Gasteiger charge is 2.30. The third-order valence-corrected chi connectivity index (χ3v) is 5.60. The van der Waals surface area contributed by atoms with Crippen LogP contribution in [0.3, 0.4) is 0 Å². The van der Waals surface area contributed by atoms with Crippen molar-refractivity contribution in [3.8, 4) is 0 Å². The minimum atomic E-state index is -0.212. The number of nitrogens with one attached hydrogen (secondary N) is 1. The predicted octanol–water partition coefficient (Wildman–Crippen LogP) is 1.85. The Morgan fingerprint density at radius 2 is 1.78 bits per heavy atom. The van der Waals surface area contributed by atoms with Gasteiger partial charge in [0.05, 0.1) is 12.7 Å². The van der Waals surface area contributed by atoms with Crippen molar-refractivity contribution in [2.75, 3.05) is 53.0 Å². The molecule has 0 aromatic heterocycles. The molecule has 3 rings (SSSR count). The SMILES string of the molecule is CN=C(NCCOC1CCCCC1)N1CCN(C(=O)C2CCCO2)CC1.I. The number of aliphatic imine (C=N–C) groups is 1. The molecule has 0 aromatic carbocycles. The van der Waals surface area contributed by atoms with Crippen molar-refractivity contribution in [3.63, 3.8) is 0 Å². The van der Waals surface area contributed by atoms with Gasteiger partial charge in [-0.3, -0.25) is 9.79 Å². The zero-order valence-electron chi connectivity index (χ0n) is 16.5. The van der Waals surface area contributed by atoms with Crippen molar-refractivity contribution >= 4 is 35.8 Å². The van der Waals surface area contributed by atoms with Gasteiger partial charge in [-0.05, 0) is 25.7 Å². The normalized spacial score (nSPS) is 24.6. The molecule has 1 amide bonds. The number of amides is 1. The fourth-order valence-electron chi connectivity index (χ4n) is 4.07. The molecular formula is C19H35IN4O3. The Kier molecular flexibility index (Phi) is 10.1. The van der Waals surface area contributed by atoms with Gasteiger partial charge < -0.3 is 24.6 Å². The van der Waals surface area contributed by atoms with Crippen molar-refractivity contribution in [2.45, 2.75) is 57.2 Å². The Bertz CT molecular complexity index is 472. The first-order chi connectivity index (χ1) is 12.8. The van der Waals surface area contributed by atoms with Gasteiger partial charge in [0, 0.05) is 46.4 Å². The van der Waals surface area contributed by atoms with E-state index in [2.05, 4.69) is 15.2 Å². The first kappa shape index (κ1) is 22.7. The van der Waals surface area contributed by atoms with Crippen LogP contribution in [0.2, 0.25) is 0 Å². The molecule has 3 fully saturated rings. The van der Waals surface area contributed by atoms with Crippen LogP contribution in [-0.2, 0) is 14.3 Å². The molecule has 7 nitrogen and oxygen atoms in total. The van der Waals surface area contributed by atoms with Crippen LogP contribution in [-0.4, -0.2) is 86.9 Å². The van der Waals surface area contributed by atoms with Crippen molar-refractivity contribution in [2.24, 2.45) is 4.99 Å². The Morgan fingerprint density at radius 3 is 2.41 bits per heavy atom. The van der Waals surface area contributed by atoms with E-state index in [0.717, 1.165) is 64.7 Å². The standard InChI is InChI=1S/C19H34N4O3.HI/c1-20-19(21-9-15-25-16-6-3-2-4-7-16)23-12-10-22(11-13-23)18(24)17-8-5-14-26-17;/h16-17H,2-15H2,1H3,(H,20,21);1H. The number of guanidine groups is 1. The van der Waals surface area contributed by atoms with Gasteiger partial charge in [-0.2, -0.15) is 0 Å². The smallest absolute Gasteiger partial charge is 0.251 e. The molecule has 1 N–H and O–H groups in total. The summed E-state index contributed by atoms with van der Waals surface area (Å²) in [5, 5.41) is 3.40. The topological polar surface area (TPSA) is 66.4 Å². The van der Waals surface area contributed by atoms with Crippen LogP contribution in [0.5, 0.6) is 0 Å². The number of carbonyl (C=O) groups excluding carboxylic acids is 1. The van der Waals surface area contributed by atoms with E-state index in [9.17, 15) is 4.79 Å². The van der Waals surface area contributed by atoms with Crippen molar-refractivity contribution in [1.29, 1.82) is 0 Å². The van der Waals surface area contributed by atoms with Gasteiger partial charge >= 0.3 is 0 Å². The zero-order valence-corrected chi connectivity index (χ0v) is 18.9. The number of hydrogen-bond acceptors (Lipinski definition) is 4.